The van der Waals surface area contributed by atoms with E-state index in [4.69, 9.17) is 0 Å². The molecule has 0 fully saturated rings. The minimum Gasteiger partial charge on any atom is -0.325 e. The highest BCUT2D eigenvalue weighted by Gasteiger charge is 2.14. The van der Waals surface area contributed by atoms with Crippen LogP contribution in [0.5, 0.6) is 0 Å². The summed E-state index contributed by atoms with van der Waals surface area (Å²) in [5.41, 5.74) is 1.05. The number of hydrogen-bond donors (Lipinski definition) is 1. The van der Waals surface area contributed by atoms with Crippen LogP contribution in [0, 0.1) is 10.7 Å². The van der Waals surface area contributed by atoms with E-state index in [0.717, 1.165) is 6.42 Å². The first-order chi connectivity index (χ1) is 13.0. The third-order valence-electron chi connectivity index (χ3n) is 3.96. The van der Waals surface area contributed by atoms with Crippen molar-refractivity contribution in [2.75, 3.05) is 18.4 Å². The van der Waals surface area contributed by atoms with Gasteiger partial charge in [0.05, 0.1) is 0 Å². The molecular weight excluding hydrogens is 349 g/mol. The number of halogens is 1. The lowest BCUT2D eigenvalue weighted by Gasteiger charge is -2.22. The van der Waals surface area contributed by atoms with Gasteiger partial charge in [-0.25, -0.2) is 9.18 Å². The topological polar surface area (TPSA) is 78.8 Å². The van der Waals surface area contributed by atoms with Crippen LogP contribution in [0.4, 0.5) is 20.6 Å². The van der Waals surface area contributed by atoms with Gasteiger partial charge in [-0.05, 0) is 48.4 Å². The van der Waals surface area contributed by atoms with E-state index in [9.17, 15) is 18.9 Å². The predicted molar refractivity (Wildman–Crippen MR) is 103 cm³/mol. The Kier molecular flexibility index (Phi) is 7.61. The molecule has 2 rings (SSSR count). The number of ketones is 1. The molecule has 0 saturated carbocycles. The van der Waals surface area contributed by atoms with Gasteiger partial charge >= 0.3 is 6.03 Å². The molecule has 1 N–H and O–H groups in total. The van der Waals surface area contributed by atoms with Crippen molar-refractivity contribution in [1.82, 2.24) is 4.90 Å². The minimum absolute atomic E-state index is 0.156. The standard InChI is InChI=1S/C20H22FN3O3/c1-2-11-24(20(26)22-17-8-4-9-18(14-17)23-27)12-5-10-19(25)15-6-3-7-16(21)13-15/h3-4,6-9,13-14H,2,5,10-12H2,1H3,(H,22,26). The van der Waals surface area contributed by atoms with Gasteiger partial charge in [-0.1, -0.05) is 25.1 Å². The van der Waals surface area contributed by atoms with Crippen molar-refractivity contribution in [3.63, 3.8) is 0 Å². The third kappa shape index (κ3) is 6.29. The van der Waals surface area contributed by atoms with Crippen molar-refractivity contribution < 1.29 is 14.0 Å². The Hall–Kier alpha value is -3.09. The van der Waals surface area contributed by atoms with E-state index in [0.29, 0.717) is 30.8 Å². The number of carbonyl (C=O) groups is 2. The molecule has 2 amide bonds. The van der Waals surface area contributed by atoms with E-state index in [2.05, 4.69) is 10.5 Å². The van der Waals surface area contributed by atoms with E-state index in [-0.39, 0.29) is 23.9 Å². The number of benzene rings is 2. The molecule has 0 atom stereocenters. The van der Waals surface area contributed by atoms with Crippen LogP contribution in [-0.2, 0) is 0 Å². The van der Waals surface area contributed by atoms with Crippen LogP contribution >= 0.6 is 0 Å². The summed E-state index contributed by atoms with van der Waals surface area (Å²) in [6, 6.07) is 11.6. The van der Waals surface area contributed by atoms with Gasteiger partial charge in [0.25, 0.3) is 0 Å². The van der Waals surface area contributed by atoms with Crippen molar-refractivity contribution >= 4 is 23.2 Å². The number of nitrogens with zero attached hydrogens (tertiary/aromatic N) is 2. The van der Waals surface area contributed by atoms with Gasteiger partial charge in [0.2, 0.25) is 0 Å². The number of anilines is 1. The molecule has 2 aromatic carbocycles. The zero-order valence-corrected chi connectivity index (χ0v) is 15.2. The summed E-state index contributed by atoms with van der Waals surface area (Å²) in [7, 11) is 0. The van der Waals surface area contributed by atoms with Crippen LogP contribution < -0.4 is 5.32 Å². The second-order valence-electron chi connectivity index (χ2n) is 6.10. The molecule has 7 heteroatoms. The highest BCUT2D eigenvalue weighted by atomic mass is 19.1. The van der Waals surface area contributed by atoms with Gasteiger partial charge in [0, 0.05) is 30.8 Å². The molecule has 0 aliphatic heterocycles. The van der Waals surface area contributed by atoms with E-state index >= 15 is 0 Å². The first-order valence-corrected chi connectivity index (χ1v) is 8.81. The van der Waals surface area contributed by atoms with E-state index in [1.165, 1.54) is 24.3 Å². The average Bonchev–Trinajstić information content (AvgIpc) is 2.67. The number of rotatable bonds is 9. The van der Waals surface area contributed by atoms with Crippen LogP contribution in [0.3, 0.4) is 0 Å². The third-order valence-corrected chi connectivity index (χ3v) is 3.96. The fourth-order valence-corrected chi connectivity index (χ4v) is 2.66. The van der Waals surface area contributed by atoms with Crippen molar-refractivity contribution in [3.8, 4) is 0 Å². The summed E-state index contributed by atoms with van der Waals surface area (Å²) in [4.78, 5) is 36.8. The Balaban J connectivity index is 1.91. The normalized spacial score (nSPS) is 10.3. The van der Waals surface area contributed by atoms with Crippen LogP contribution in [0.15, 0.2) is 53.7 Å². The maximum atomic E-state index is 13.2. The second-order valence-corrected chi connectivity index (χ2v) is 6.10. The fourth-order valence-electron chi connectivity index (χ4n) is 2.66. The number of carbonyl (C=O) groups excluding carboxylic acids is 2. The Morgan fingerprint density at radius 1 is 1.11 bits per heavy atom. The summed E-state index contributed by atoms with van der Waals surface area (Å²) in [6.45, 7) is 2.88. The lowest BCUT2D eigenvalue weighted by Crippen LogP contribution is -2.36. The molecular formula is C20H22FN3O3. The molecule has 0 aliphatic carbocycles. The highest BCUT2D eigenvalue weighted by molar-refractivity contribution is 5.96. The van der Waals surface area contributed by atoms with Gasteiger partial charge in [0.15, 0.2) is 5.78 Å². The maximum Gasteiger partial charge on any atom is 0.321 e. The van der Waals surface area contributed by atoms with E-state index < -0.39 is 5.82 Å². The van der Waals surface area contributed by atoms with Crippen molar-refractivity contribution in [2.45, 2.75) is 26.2 Å². The molecule has 2 aromatic rings. The molecule has 0 unspecified atom stereocenters. The number of Topliss-reactive ketones (excluding diaryl/α,β-unsaturated/α-hetero) is 1. The zero-order valence-electron chi connectivity index (χ0n) is 15.2. The molecule has 0 aromatic heterocycles. The number of urea groups is 1. The van der Waals surface area contributed by atoms with Gasteiger partial charge in [0.1, 0.15) is 11.5 Å². The van der Waals surface area contributed by atoms with Crippen LogP contribution in [0.25, 0.3) is 0 Å². The highest BCUT2D eigenvalue weighted by Crippen LogP contribution is 2.18. The Labute approximate surface area is 157 Å². The summed E-state index contributed by atoms with van der Waals surface area (Å²) in [6.07, 6.45) is 1.46. The molecule has 0 bridgehead atoms. The SMILES string of the molecule is CCCN(CCCC(=O)c1cccc(F)c1)C(=O)Nc1cccc(N=O)c1. The molecule has 0 radical (unpaired) electrons. The van der Waals surface area contributed by atoms with Crippen LogP contribution in [-0.4, -0.2) is 29.8 Å². The molecule has 0 spiro atoms. The van der Waals surface area contributed by atoms with Crippen LogP contribution in [0.1, 0.15) is 36.5 Å². The lowest BCUT2D eigenvalue weighted by molar-refractivity contribution is 0.0975. The quantitative estimate of drug-likeness (QED) is 0.490. The second kappa shape index (κ2) is 10.2. The Bertz CT molecular complexity index is 811. The average molecular weight is 371 g/mol. The number of hydrogen-bond acceptors (Lipinski definition) is 4. The number of nitroso groups, excluding NO2 is 1. The summed E-state index contributed by atoms with van der Waals surface area (Å²) in [5.74, 6) is -0.601. The molecule has 0 aliphatic rings. The summed E-state index contributed by atoms with van der Waals surface area (Å²) in [5, 5.41) is 5.58. The monoisotopic (exact) mass is 371 g/mol. The van der Waals surface area contributed by atoms with Gasteiger partial charge < -0.3 is 10.2 Å². The van der Waals surface area contributed by atoms with Crippen LogP contribution in [0.2, 0.25) is 0 Å². The first kappa shape index (κ1) is 20.2. The Morgan fingerprint density at radius 2 is 1.89 bits per heavy atom. The predicted octanol–water partition coefficient (Wildman–Crippen LogP) is 5.13. The number of nitrogens with one attached hydrogen (secondary N) is 1. The Morgan fingerprint density at radius 3 is 2.59 bits per heavy atom. The van der Waals surface area contributed by atoms with Gasteiger partial charge in [-0.2, -0.15) is 0 Å². The zero-order chi connectivity index (χ0) is 19.6. The number of amides is 2. The fraction of sp³-hybridized carbons (Fsp3) is 0.300. The van der Waals surface area contributed by atoms with E-state index in [1.54, 1.807) is 29.2 Å². The van der Waals surface area contributed by atoms with E-state index in [1.807, 2.05) is 6.92 Å². The summed E-state index contributed by atoms with van der Waals surface area (Å²) >= 11 is 0. The van der Waals surface area contributed by atoms with Crippen molar-refractivity contribution in [1.29, 1.82) is 0 Å². The van der Waals surface area contributed by atoms with Gasteiger partial charge in [-0.3, -0.25) is 4.79 Å². The lowest BCUT2D eigenvalue weighted by atomic mass is 10.1. The smallest absolute Gasteiger partial charge is 0.321 e. The molecule has 6 nitrogen and oxygen atoms in total. The van der Waals surface area contributed by atoms with Crippen molar-refractivity contribution in [3.05, 3.63) is 64.8 Å². The molecule has 27 heavy (non-hydrogen) atoms. The maximum absolute atomic E-state index is 13.2. The largest absolute Gasteiger partial charge is 0.325 e. The summed E-state index contributed by atoms with van der Waals surface area (Å²) < 4.78 is 13.2. The molecule has 0 saturated heterocycles. The van der Waals surface area contributed by atoms with Crippen molar-refractivity contribution in [2.24, 2.45) is 5.18 Å². The molecule has 142 valence electrons. The molecule has 0 heterocycles. The van der Waals surface area contributed by atoms with Gasteiger partial charge in [-0.15, -0.1) is 4.91 Å². The minimum atomic E-state index is -0.445. The first-order valence-electron chi connectivity index (χ1n) is 8.81.